The fourth-order valence-electron chi connectivity index (χ4n) is 1.69. The summed E-state index contributed by atoms with van der Waals surface area (Å²) in [5.74, 6) is -0.243. The van der Waals surface area contributed by atoms with Crippen molar-refractivity contribution in [2.24, 2.45) is 0 Å². The molecule has 0 unspecified atom stereocenters. The van der Waals surface area contributed by atoms with E-state index in [0.717, 1.165) is 6.54 Å². The van der Waals surface area contributed by atoms with E-state index < -0.39 is 0 Å². The zero-order valence-corrected chi connectivity index (χ0v) is 11.1. The summed E-state index contributed by atoms with van der Waals surface area (Å²) in [6, 6.07) is 10.0. The van der Waals surface area contributed by atoms with Gasteiger partial charge in [0.15, 0.2) is 0 Å². The standard InChI is InChI=1S/C13H16FN3.ClH/c1-2-17-13(14)12(10-16-17)9-15-8-11-6-4-3-5-7-11;/h3-7,10,15H,2,8-9H2,1H3;1H. The summed E-state index contributed by atoms with van der Waals surface area (Å²) in [5.41, 5.74) is 1.80. The van der Waals surface area contributed by atoms with Crippen molar-refractivity contribution in [1.82, 2.24) is 15.1 Å². The van der Waals surface area contributed by atoms with Gasteiger partial charge in [0, 0.05) is 25.2 Å². The topological polar surface area (TPSA) is 29.9 Å². The first-order valence-electron chi connectivity index (χ1n) is 5.76. The van der Waals surface area contributed by atoms with Crippen molar-refractivity contribution in [1.29, 1.82) is 0 Å². The largest absolute Gasteiger partial charge is 0.308 e. The minimum Gasteiger partial charge on any atom is -0.308 e. The van der Waals surface area contributed by atoms with Gasteiger partial charge >= 0.3 is 0 Å². The van der Waals surface area contributed by atoms with Crippen LogP contribution in [-0.2, 0) is 19.6 Å². The van der Waals surface area contributed by atoms with Gasteiger partial charge in [-0.1, -0.05) is 30.3 Å². The molecule has 3 nitrogen and oxygen atoms in total. The Bertz CT molecular complexity index is 470. The first kappa shape index (κ1) is 14.7. The molecule has 1 heterocycles. The third kappa shape index (κ3) is 3.55. The van der Waals surface area contributed by atoms with Gasteiger partial charge in [-0.3, -0.25) is 0 Å². The summed E-state index contributed by atoms with van der Waals surface area (Å²) in [6.07, 6.45) is 1.58. The second-order valence-corrected chi connectivity index (χ2v) is 3.87. The molecule has 1 aromatic heterocycles. The lowest BCUT2D eigenvalue weighted by Crippen LogP contribution is -2.13. The molecule has 0 atom stereocenters. The quantitative estimate of drug-likeness (QED) is 0.905. The van der Waals surface area contributed by atoms with Gasteiger partial charge < -0.3 is 5.32 Å². The van der Waals surface area contributed by atoms with Crippen molar-refractivity contribution in [2.45, 2.75) is 26.6 Å². The van der Waals surface area contributed by atoms with Gasteiger partial charge in [-0.25, -0.2) is 4.68 Å². The maximum Gasteiger partial charge on any atom is 0.215 e. The summed E-state index contributed by atoms with van der Waals surface area (Å²) < 4.78 is 15.0. The fourth-order valence-corrected chi connectivity index (χ4v) is 1.69. The number of hydrogen-bond acceptors (Lipinski definition) is 2. The van der Waals surface area contributed by atoms with E-state index in [4.69, 9.17) is 0 Å². The minimum atomic E-state index is -0.243. The van der Waals surface area contributed by atoms with Crippen molar-refractivity contribution in [3.63, 3.8) is 0 Å². The number of hydrogen-bond donors (Lipinski definition) is 1. The lowest BCUT2D eigenvalue weighted by Gasteiger charge is -2.03. The molecule has 2 aromatic rings. The number of aromatic nitrogens is 2. The monoisotopic (exact) mass is 269 g/mol. The molecule has 5 heteroatoms. The first-order chi connectivity index (χ1) is 8.31. The van der Waals surface area contributed by atoms with Crippen molar-refractivity contribution >= 4 is 12.4 Å². The molecular formula is C13H17ClFN3. The van der Waals surface area contributed by atoms with Crippen LogP contribution in [0, 0.1) is 5.95 Å². The highest BCUT2D eigenvalue weighted by Crippen LogP contribution is 2.06. The highest BCUT2D eigenvalue weighted by atomic mass is 35.5. The van der Waals surface area contributed by atoms with E-state index in [2.05, 4.69) is 10.4 Å². The Labute approximate surface area is 112 Å². The Morgan fingerprint density at radius 2 is 1.94 bits per heavy atom. The lowest BCUT2D eigenvalue weighted by atomic mass is 10.2. The predicted octanol–water partition coefficient (Wildman–Crippen LogP) is 2.75. The SMILES string of the molecule is CCn1ncc(CNCc2ccccc2)c1F.Cl. The summed E-state index contributed by atoms with van der Waals surface area (Å²) in [5, 5.41) is 7.16. The summed E-state index contributed by atoms with van der Waals surface area (Å²) in [6.45, 7) is 3.67. The molecule has 18 heavy (non-hydrogen) atoms. The minimum absolute atomic E-state index is 0. The number of nitrogens with zero attached hydrogens (tertiary/aromatic N) is 2. The Morgan fingerprint density at radius 1 is 1.22 bits per heavy atom. The predicted molar refractivity (Wildman–Crippen MR) is 72.1 cm³/mol. The van der Waals surface area contributed by atoms with Crippen LogP contribution >= 0.6 is 12.4 Å². The molecule has 0 saturated carbocycles. The normalized spacial score (nSPS) is 10.1. The van der Waals surface area contributed by atoms with Crippen LogP contribution in [-0.4, -0.2) is 9.78 Å². The van der Waals surface area contributed by atoms with E-state index in [9.17, 15) is 4.39 Å². The Morgan fingerprint density at radius 3 is 2.56 bits per heavy atom. The van der Waals surface area contributed by atoms with Crippen LogP contribution in [0.15, 0.2) is 36.5 Å². The molecule has 98 valence electrons. The van der Waals surface area contributed by atoms with Crippen LogP contribution < -0.4 is 5.32 Å². The average Bonchev–Trinajstić information content (AvgIpc) is 2.72. The second-order valence-electron chi connectivity index (χ2n) is 3.87. The van der Waals surface area contributed by atoms with Crippen LogP contribution in [0.1, 0.15) is 18.1 Å². The summed E-state index contributed by atoms with van der Waals surface area (Å²) in [4.78, 5) is 0. The maximum absolute atomic E-state index is 13.6. The van der Waals surface area contributed by atoms with Crippen LogP contribution in [0.4, 0.5) is 4.39 Å². The van der Waals surface area contributed by atoms with Gasteiger partial charge in [0.25, 0.3) is 0 Å². The average molecular weight is 270 g/mol. The number of benzene rings is 1. The third-order valence-electron chi connectivity index (χ3n) is 2.63. The highest BCUT2D eigenvalue weighted by Gasteiger charge is 2.07. The maximum atomic E-state index is 13.6. The zero-order chi connectivity index (χ0) is 12.1. The highest BCUT2D eigenvalue weighted by molar-refractivity contribution is 5.85. The first-order valence-corrected chi connectivity index (χ1v) is 5.76. The molecule has 0 aliphatic rings. The van der Waals surface area contributed by atoms with Crippen molar-refractivity contribution in [3.05, 3.63) is 53.6 Å². The lowest BCUT2D eigenvalue weighted by molar-refractivity contribution is 0.460. The third-order valence-corrected chi connectivity index (χ3v) is 2.63. The van der Waals surface area contributed by atoms with E-state index in [1.807, 2.05) is 37.3 Å². The number of rotatable bonds is 5. The molecule has 0 aliphatic carbocycles. The van der Waals surface area contributed by atoms with Gasteiger partial charge in [-0.2, -0.15) is 9.49 Å². The fraction of sp³-hybridized carbons (Fsp3) is 0.308. The molecule has 0 bridgehead atoms. The molecule has 0 saturated heterocycles. The Balaban J connectivity index is 0.00000162. The second kappa shape index (κ2) is 7.13. The molecule has 0 aliphatic heterocycles. The Kier molecular flexibility index (Phi) is 5.82. The van der Waals surface area contributed by atoms with E-state index in [-0.39, 0.29) is 18.4 Å². The Hall–Kier alpha value is -1.39. The molecule has 0 fully saturated rings. The van der Waals surface area contributed by atoms with Crippen LogP contribution in [0.3, 0.4) is 0 Å². The molecule has 1 N–H and O–H groups in total. The zero-order valence-electron chi connectivity index (χ0n) is 10.3. The van der Waals surface area contributed by atoms with E-state index >= 15 is 0 Å². The molecule has 0 spiro atoms. The van der Waals surface area contributed by atoms with Crippen molar-refractivity contribution in [2.75, 3.05) is 0 Å². The van der Waals surface area contributed by atoms with E-state index in [1.54, 1.807) is 6.20 Å². The molecule has 0 amide bonds. The smallest absolute Gasteiger partial charge is 0.215 e. The molecule has 0 radical (unpaired) electrons. The number of halogens is 2. The van der Waals surface area contributed by atoms with Gasteiger partial charge in [-0.15, -0.1) is 12.4 Å². The van der Waals surface area contributed by atoms with Crippen molar-refractivity contribution < 1.29 is 4.39 Å². The van der Waals surface area contributed by atoms with E-state index in [1.165, 1.54) is 10.2 Å². The van der Waals surface area contributed by atoms with Crippen LogP contribution in [0.5, 0.6) is 0 Å². The van der Waals surface area contributed by atoms with Gasteiger partial charge in [-0.05, 0) is 12.5 Å². The molecule has 1 aromatic carbocycles. The van der Waals surface area contributed by atoms with E-state index in [0.29, 0.717) is 18.7 Å². The molecular weight excluding hydrogens is 253 g/mol. The van der Waals surface area contributed by atoms with Crippen LogP contribution in [0.2, 0.25) is 0 Å². The van der Waals surface area contributed by atoms with Gasteiger partial charge in [0.1, 0.15) is 0 Å². The summed E-state index contributed by atoms with van der Waals surface area (Å²) >= 11 is 0. The number of aryl methyl sites for hydroxylation is 1. The number of nitrogens with one attached hydrogen (secondary N) is 1. The summed E-state index contributed by atoms with van der Waals surface area (Å²) in [7, 11) is 0. The van der Waals surface area contributed by atoms with Gasteiger partial charge in [0.2, 0.25) is 5.95 Å². The molecule has 2 rings (SSSR count). The van der Waals surface area contributed by atoms with Crippen molar-refractivity contribution in [3.8, 4) is 0 Å². The van der Waals surface area contributed by atoms with Gasteiger partial charge in [0.05, 0.1) is 6.20 Å². The van der Waals surface area contributed by atoms with Crippen LogP contribution in [0.25, 0.3) is 0 Å².